The van der Waals surface area contributed by atoms with Gasteiger partial charge < -0.3 is 15.2 Å². The van der Waals surface area contributed by atoms with Gasteiger partial charge in [0.25, 0.3) is 5.69 Å². The Labute approximate surface area is 135 Å². The van der Waals surface area contributed by atoms with Crippen LogP contribution in [0.5, 0.6) is 5.75 Å². The van der Waals surface area contributed by atoms with Crippen molar-refractivity contribution in [1.29, 1.82) is 0 Å². The molecule has 0 bridgehead atoms. The summed E-state index contributed by atoms with van der Waals surface area (Å²) in [6.07, 6.45) is 3.73. The van der Waals surface area contributed by atoms with Gasteiger partial charge in [0.2, 0.25) is 0 Å². The second-order valence-electron chi connectivity index (χ2n) is 5.22. The maximum absolute atomic E-state index is 10.8. The topological polar surface area (TPSA) is 102 Å². The predicted molar refractivity (Wildman–Crippen MR) is 86.7 cm³/mol. The molecular formula is C16H24N2O5. The fourth-order valence-corrected chi connectivity index (χ4v) is 2.22. The van der Waals surface area contributed by atoms with Crippen molar-refractivity contribution in [3.8, 4) is 5.75 Å². The summed E-state index contributed by atoms with van der Waals surface area (Å²) in [6.45, 7) is 3.66. The van der Waals surface area contributed by atoms with Gasteiger partial charge >= 0.3 is 5.97 Å². The van der Waals surface area contributed by atoms with Crippen molar-refractivity contribution in [2.75, 3.05) is 13.2 Å². The van der Waals surface area contributed by atoms with Crippen molar-refractivity contribution >= 4 is 11.7 Å². The number of unbranched alkanes of at least 4 members (excludes halogenated alkanes) is 3. The average molecular weight is 324 g/mol. The van der Waals surface area contributed by atoms with E-state index in [2.05, 4.69) is 5.32 Å². The number of nitrogens with zero attached hydrogens (tertiary/aromatic N) is 1. The van der Waals surface area contributed by atoms with E-state index >= 15 is 0 Å². The number of rotatable bonds is 12. The highest BCUT2D eigenvalue weighted by molar-refractivity contribution is 5.66. The number of carboxylic acids is 1. The first kappa shape index (κ1) is 18.9. The van der Waals surface area contributed by atoms with Gasteiger partial charge in [-0.05, 0) is 32.4 Å². The molecule has 0 radical (unpaired) electrons. The Hall–Kier alpha value is -2.15. The lowest BCUT2D eigenvalue weighted by Crippen LogP contribution is -2.15. The van der Waals surface area contributed by atoms with Crippen LogP contribution in [0.4, 0.5) is 5.69 Å². The molecule has 1 aromatic carbocycles. The Kier molecular flexibility index (Phi) is 8.67. The number of nitro benzene ring substituents is 1. The van der Waals surface area contributed by atoms with Gasteiger partial charge in [0.05, 0.1) is 11.5 Å². The van der Waals surface area contributed by atoms with Crippen LogP contribution in [0.2, 0.25) is 0 Å². The Bertz CT molecular complexity index is 519. The number of hydrogen-bond donors (Lipinski definition) is 2. The molecule has 0 aliphatic heterocycles. The lowest BCUT2D eigenvalue weighted by atomic mass is 10.1. The molecule has 128 valence electrons. The van der Waals surface area contributed by atoms with Crippen LogP contribution in [0.25, 0.3) is 0 Å². The van der Waals surface area contributed by atoms with Gasteiger partial charge in [0.1, 0.15) is 5.75 Å². The van der Waals surface area contributed by atoms with Crippen LogP contribution in [0.3, 0.4) is 0 Å². The number of non-ortho nitro benzene ring substituents is 1. The third kappa shape index (κ3) is 7.60. The van der Waals surface area contributed by atoms with Crippen LogP contribution in [-0.2, 0) is 11.3 Å². The number of aliphatic carboxylic acids is 1. The smallest absolute Gasteiger partial charge is 0.303 e. The third-order valence-corrected chi connectivity index (χ3v) is 3.36. The highest BCUT2D eigenvalue weighted by Gasteiger charge is 2.11. The number of carboxylic acid groups (broad SMARTS) is 1. The number of carbonyl (C=O) groups is 1. The van der Waals surface area contributed by atoms with E-state index in [0.717, 1.165) is 31.4 Å². The number of nitrogens with one attached hydrogen (secondary N) is 1. The molecule has 7 heteroatoms. The third-order valence-electron chi connectivity index (χ3n) is 3.36. The van der Waals surface area contributed by atoms with Gasteiger partial charge in [0.15, 0.2) is 0 Å². The highest BCUT2D eigenvalue weighted by Crippen LogP contribution is 2.24. The Morgan fingerprint density at radius 3 is 2.70 bits per heavy atom. The van der Waals surface area contributed by atoms with E-state index in [0.29, 0.717) is 25.3 Å². The molecule has 0 saturated carbocycles. The lowest BCUT2D eigenvalue weighted by Gasteiger charge is -2.11. The Balaban J connectivity index is 2.36. The van der Waals surface area contributed by atoms with Gasteiger partial charge in [-0.3, -0.25) is 14.9 Å². The summed E-state index contributed by atoms with van der Waals surface area (Å²) in [7, 11) is 0. The van der Waals surface area contributed by atoms with Crippen LogP contribution in [0, 0.1) is 10.1 Å². The number of nitro groups is 1. The van der Waals surface area contributed by atoms with E-state index in [1.54, 1.807) is 6.07 Å². The summed E-state index contributed by atoms with van der Waals surface area (Å²) < 4.78 is 5.49. The molecule has 1 rings (SSSR count). The van der Waals surface area contributed by atoms with Crippen molar-refractivity contribution in [1.82, 2.24) is 5.32 Å². The fraction of sp³-hybridized carbons (Fsp3) is 0.562. The molecule has 1 aromatic rings. The van der Waals surface area contributed by atoms with Crippen molar-refractivity contribution in [2.24, 2.45) is 0 Å². The van der Waals surface area contributed by atoms with Crippen molar-refractivity contribution in [3.05, 3.63) is 33.9 Å². The van der Waals surface area contributed by atoms with E-state index in [1.165, 1.54) is 12.1 Å². The summed E-state index contributed by atoms with van der Waals surface area (Å²) in [5.41, 5.74) is 0.825. The molecular weight excluding hydrogens is 300 g/mol. The second-order valence-corrected chi connectivity index (χ2v) is 5.22. The number of ether oxygens (including phenoxy) is 1. The Morgan fingerprint density at radius 1 is 1.30 bits per heavy atom. The highest BCUT2D eigenvalue weighted by atomic mass is 16.6. The van der Waals surface area contributed by atoms with Gasteiger partial charge in [-0.2, -0.15) is 0 Å². The van der Waals surface area contributed by atoms with Crippen LogP contribution in [0.1, 0.15) is 44.6 Å². The summed E-state index contributed by atoms with van der Waals surface area (Å²) in [4.78, 5) is 20.8. The molecule has 0 heterocycles. The number of hydrogen-bond acceptors (Lipinski definition) is 5. The molecule has 0 fully saturated rings. The van der Waals surface area contributed by atoms with Gasteiger partial charge in [-0.15, -0.1) is 0 Å². The SMILES string of the molecule is CCOc1ccc([N+](=O)[O-])cc1CNCCCCCCC(=O)O. The molecule has 0 amide bonds. The van der Waals surface area contributed by atoms with E-state index in [1.807, 2.05) is 6.92 Å². The summed E-state index contributed by atoms with van der Waals surface area (Å²) >= 11 is 0. The monoisotopic (exact) mass is 324 g/mol. The summed E-state index contributed by atoms with van der Waals surface area (Å²) in [5.74, 6) is -0.0932. The van der Waals surface area contributed by atoms with E-state index in [-0.39, 0.29) is 12.1 Å². The van der Waals surface area contributed by atoms with Gasteiger partial charge in [0, 0.05) is 30.7 Å². The molecule has 23 heavy (non-hydrogen) atoms. The van der Waals surface area contributed by atoms with Crippen LogP contribution in [-0.4, -0.2) is 29.2 Å². The largest absolute Gasteiger partial charge is 0.494 e. The molecule has 0 spiro atoms. The second kappa shape index (κ2) is 10.6. The zero-order chi connectivity index (χ0) is 17.1. The van der Waals surface area contributed by atoms with Crippen LogP contribution in [0.15, 0.2) is 18.2 Å². The first-order valence-electron chi connectivity index (χ1n) is 7.87. The normalized spacial score (nSPS) is 10.5. The van der Waals surface area contributed by atoms with Crippen LogP contribution >= 0.6 is 0 Å². The summed E-state index contributed by atoms with van der Waals surface area (Å²) in [6, 6.07) is 4.60. The van der Waals surface area contributed by atoms with Gasteiger partial charge in [-0.1, -0.05) is 12.8 Å². The standard InChI is InChI=1S/C16H24N2O5/c1-2-23-15-9-8-14(18(21)22)11-13(15)12-17-10-6-4-3-5-7-16(19)20/h8-9,11,17H,2-7,10,12H2,1H3,(H,19,20). The quantitative estimate of drug-likeness (QED) is 0.348. The minimum Gasteiger partial charge on any atom is -0.494 e. The minimum atomic E-state index is -0.753. The van der Waals surface area contributed by atoms with Crippen molar-refractivity contribution < 1.29 is 19.6 Å². The molecule has 0 aromatic heterocycles. The Morgan fingerprint density at radius 2 is 2.04 bits per heavy atom. The maximum Gasteiger partial charge on any atom is 0.303 e. The van der Waals surface area contributed by atoms with Crippen molar-refractivity contribution in [2.45, 2.75) is 45.6 Å². The minimum absolute atomic E-state index is 0.0546. The first-order valence-corrected chi connectivity index (χ1v) is 7.87. The van der Waals surface area contributed by atoms with E-state index in [4.69, 9.17) is 9.84 Å². The zero-order valence-electron chi connectivity index (χ0n) is 13.4. The van der Waals surface area contributed by atoms with Crippen LogP contribution < -0.4 is 10.1 Å². The average Bonchev–Trinajstić information content (AvgIpc) is 2.51. The molecule has 0 unspecified atom stereocenters. The molecule has 0 saturated heterocycles. The number of benzene rings is 1. The molecule has 0 aliphatic carbocycles. The first-order chi connectivity index (χ1) is 11.0. The lowest BCUT2D eigenvalue weighted by molar-refractivity contribution is -0.384. The van der Waals surface area contributed by atoms with Gasteiger partial charge in [-0.25, -0.2) is 0 Å². The zero-order valence-corrected chi connectivity index (χ0v) is 13.4. The maximum atomic E-state index is 10.8. The van der Waals surface area contributed by atoms with E-state index < -0.39 is 10.9 Å². The predicted octanol–water partition coefficient (Wildman–Crippen LogP) is 3.12. The molecule has 0 aliphatic rings. The molecule has 0 atom stereocenters. The molecule has 7 nitrogen and oxygen atoms in total. The fourth-order valence-electron chi connectivity index (χ4n) is 2.22. The molecule has 2 N–H and O–H groups in total. The van der Waals surface area contributed by atoms with Crippen molar-refractivity contribution in [3.63, 3.8) is 0 Å². The summed E-state index contributed by atoms with van der Waals surface area (Å²) in [5, 5.41) is 22.6. The van der Waals surface area contributed by atoms with E-state index in [9.17, 15) is 14.9 Å².